The van der Waals surface area contributed by atoms with Crippen LogP contribution in [-0.2, 0) is 9.59 Å². The van der Waals surface area contributed by atoms with Crippen LogP contribution in [0.5, 0.6) is 0 Å². The first-order valence-corrected chi connectivity index (χ1v) is 5.08. The third-order valence-electron chi connectivity index (χ3n) is 2.26. The highest BCUT2D eigenvalue weighted by Gasteiger charge is 2.20. The van der Waals surface area contributed by atoms with E-state index in [0.717, 1.165) is 0 Å². The molecule has 0 fully saturated rings. The van der Waals surface area contributed by atoms with E-state index < -0.39 is 12.0 Å². The van der Waals surface area contributed by atoms with E-state index in [2.05, 4.69) is 0 Å². The van der Waals surface area contributed by atoms with E-state index in [4.69, 9.17) is 10.8 Å². The number of carboxylic acid groups (broad SMARTS) is 1. The number of hydrogen-bond acceptors (Lipinski definition) is 3. The van der Waals surface area contributed by atoms with Crippen molar-refractivity contribution in [2.75, 3.05) is 13.6 Å². The van der Waals surface area contributed by atoms with Gasteiger partial charge in [0.05, 0.1) is 6.04 Å². The Balaban J connectivity index is 3.94. The van der Waals surface area contributed by atoms with E-state index in [-0.39, 0.29) is 18.2 Å². The molecular formula is C10H20N2O3. The molecule has 1 atom stereocenters. The minimum absolute atomic E-state index is 0.0779. The number of likely N-dealkylation sites (N-methyl/N-ethyl adjacent to an activating group) is 1. The molecule has 0 aromatic heterocycles. The van der Waals surface area contributed by atoms with Crippen LogP contribution in [0.15, 0.2) is 0 Å². The van der Waals surface area contributed by atoms with E-state index in [9.17, 15) is 9.59 Å². The average Bonchev–Trinajstić information content (AvgIpc) is 2.14. The fourth-order valence-corrected chi connectivity index (χ4v) is 1.12. The van der Waals surface area contributed by atoms with Crippen molar-refractivity contribution in [2.45, 2.75) is 32.7 Å². The molecule has 0 unspecified atom stereocenters. The van der Waals surface area contributed by atoms with Gasteiger partial charge in [-0.3, -0.25) is 9.59 Å². The molecule has 88 valence electrons. The lowest BCUT2D eigenvalue weighted by atomic mass is 10.0. The second kappa shape index (κ2) is 6.40. The average molecular weight is 216 g/mol. The van der Waals surface area contributed by atoms with Crippen LogP contribution in [0.2, 0.25) is 0 Å². The summed E-state index contributed by atoms with van der Waals surface area (Å²) in [6, 6.07) is -0.500. The van der Waals surface area contributed by atoms with Gasteiger partial charge in [0.1, 0.15) is 0 Å². The molecule has 0 aliphatic heterocycles. The fourth-order valence-electron chi connectivity index (χ4n) is 1.12. The van der Waals surface area contributed by atoms with Crippen LogP contribution in [0.3, 0.4) is 0 Å². The van der Waals surface area contributed by atoms with E-state index in [0.29, 0.717) is 13.0 Å². The van der Waals surface area contributed by atoms with Crippen molar-refractivity contribution in [3.63, 3.8) is 0 Å². The summed E-state index contributed by atoms with van der Waals surface area (Å²) in [4.78, 5) is 23.4. The third kappa shape index (κ3) is 5.37. The highest BCUT2D eigenvalue weighted by Crippen LogP contribution is 2.03. The van der Waals surface area contributed by atoms with Crippen LogP contribution in [0.1, 0.15) is 26.7 Å². The maximum Gasteiger partial charge on any atom is 0.303 e. The van der Waals surface area contributed by atoms with Crippen molar-refractivity contribution in [3.05, 3.63) is 0 Å². The topological polar surface area (TPSA) is 83.6 Å². The number of rotatable bonds is 6. The Kier molecular flexibility index (Phi) is 5.93. The first kappa shape index (κ1) is 13.9. The van der Waals surface area contributed by atoms with Crippen molar-refractivity contribution in [3.8, 4) is 0 Å². The molecule has 0 aromatic carbocycles. The summed E-state index contributed by atoms with van der Waals surface area (Å²) in [6.45, 7) is 4.20. The zero-order valence-electron chi connectivity index (χ0n) is 9.56. The molecule has 0 saturated carbocycles. The molecule has 15 heavy (non-hydrogen) atoms. The van der Waals surface area contributed by atoms with Gasteiger partial charge in [0, 0.05) is 20.0 Å². The number of nitrogens with zero attached hydrogens (tertiary/aromatic N) is 1. The number of hydrogen-bond donors (Lipinski definition) is 2. The molecule has 0 saturated heterocycles. The molecular weight excluding hydrogens is 196 g/mol. The van der Waals surface area contributed by atoms with E-state index in [1.807, 2.05) is 13.8 Å². The van der Waals surface area contributed by atoms with Crippen molar-refractivity contribution in [1.82, 2.24) is 4.90 Å². The van der Waals surface area contributed by atoms with Crippen molar-refractivity contribution >= 4 is 11.9 Å². The minimum atomic E-state index is -0.844. The lowest BCUT2D eigenvalue weighted by Gasteiger charge is -2.23. The van der Waals surface area contributed by atoms with Gasteiger partial charge in [-0.2, -0.15) is 0 Å². The van der Waals surface area contributed by atoms with Gasteiger partial charge in [-0.15, -0.1) is 0 Å². The fraction of sp³-hybridized carbons (Fsp3) is 0.800. The first-order chi connectivity index (χ1) is 6.86. The van der Waals surface area contributed by atoms with Gasteiger partial charge < -0.3 is 15.7 Å². The van der Waals surface area contributed by atoms with Gasteiger partial charge in [-0.1, -0.05) is 13.8 Å². The molecule has 0 rings (SSSR count). The Morgan fingerprint density at radius 3 is 2.33 bits per heavy atom. The van der Waals surface area contributed by atoms with Crippen LogP contribution in [0, 0.1) is 5.92 Å². The number of amides is 1. The zero-order chi connectivity index (χ0) is 12.0. The minimum Gasteiger partial charge on any atom is -0.481 e. The summed E-state index contributed by atoms with van der Waals surface area (Å²) in [6.07, 6.45) is 0.539. The molecule has 0 aliphatic rings. The smallest absolute Gasteiger partial charge is 0.303 e. The van der Waals surface area contributed by atoms with Crippen LogP contribution < -0.4 is 5.73 Å². The molecule has 5 heteroatoms. The molecule has 0 aromatic rings. The third-order valence-corrected chi connectivity index (χ3v) is 2.26. The Bertz CT molecular complexity index is 229. The lowest BCUT2D eigenvalue weighted by Crippen LogP contribution is -2.45. The number of aliphatic carboxylic acids is 1. The molecule has 1 amide bonds. The summed E-state index contributed by atoms with van der Waals surface area (Å²) < 4.78 is 0. The van der Waals surface area contributed by atoms with E-state index in [1.54, 1.807) is 7.05 Å². The molecule has 0 aliphatic carbocycles. The van der Waals surface area contributed by atoms with Crippen LogP contribution in [0.25, 0.3) is 0 Å². The van der Waals surface area contributed by atoms with Crippen LogP contribution in [-0.4, -0.2) is 41.5 Å². The van der Waals surface area contributed by atoms with Gasteiger partial charge in [0.2, 0.25) is 5.91 Å². The van der Waals surface area contributed by atoms with Gasteiger partial charge in [0.25, 0.3) is 0 Å². The number of carbonyl (C=O) groups excluding carboxylic acids is 1. The zero-order valence-corrected chi connectivity index (χ0v) is 9.56. The van der Waals surface area contributed by atoms with Crippen molar-refractivity contribution in [2.24, 2.45) is 11.7 Å². The summed E-state index contributed by atoms with van der Waals surface area (Å²) in [5.41, 5.74) is 5.68. The normalized spacial score (nSPS) is 12.6. The maximum absolute atomic E-state index is 11.6. The standard InChI is InChI=1S/C10H20N2O3/c1-7(2)9(11)10(15)12(3)6-4-5-8(13)14/h7,9H,4-6,11H2,1-3H3,(H,13,14)/t9-/m1/s1. The van der Waals surface area contributed by atoms with Gasteiger partial charge in [-0.05, 0) is 12.3 Å². The van der Waals surface area contributed by atoms with Gasteiger partial charge >= 0.3 is 5.97 Å². The maximum atomic E-state index is 11.6. The number of nitrogens with two attached hydrogens (primary N) is 1. The monoisotopic (exact) mass is 216 g/mol. The number of carbonyl (C=O) groups is 2. The van der Waals surface area contributed by atoms with Crippen molar-refractivity contribution < 1.29 is 14.7 Å². The summed E-state index contributed by atoms with van der Waals surface area (Å²) in [5.74, 6) is -0.876. The molecule has 0 bridgehead atoms. The highest BCUT2D eigenvalue weighted by molar-refractivity contribution is 5.81. The molecule has 0 heterocycles. The Morgan fingerprint density at radius 2 is 1.93 bits per heavy atom. The van der Waals surface area contributed by atoms with Crippen LogP contribution in [0.4, 0.5) is 0 Å². The van der Waals surface area contributed by atoms with Crippen molar-refractivity contribution in [1.29, 1.82) is 0 Å². The SMILES string of the molecule is CC(C)[C@@H](N)C(=O)N(C)CCCC(=O)O. The van der Waals surface area contributed by atoms with Gasteiger partial charge in [0.15, 0.2) is 0 Å². The quantitative estimate of drug-likeness (QED) is 0.668. The van der Waals surface area contributed by atoms with E-state index >= 15 is 0 Å². The molecule has 0 radical (unpaired) electrons. The molecule has 0 spiro atoms. The second-order valence-corrected chi connectivity index (χ2v) is 4.03. The summed E-state index contributed by atoms with van der Waals surface area (Å²) in [7, 11) is 1.65. The largest absolute Gasteiger partial charge is 0.481 e. The Labute approximate surface area is 90.2 Å². The predicted octanol–water partition coefficient (Wildman–Crippen LogP) is 0.293. The molecule has 5 nitrogen and oxygen atoms in total. The first-order valence-electron chi connectivity index (χ1n) is 5.08. The second-order valence-electron chi connectivity index (χ2n) is 4.03. The Morgan fingerprint density at radius 1 is 1.40 bits per heavy atom. The number of carboxylic acids is 1. The molecule has 3 N–H and O–H groups in total. The van der Waals surface area contributed by atoms with E-state index in [1.165, 1.54) is 4.90 Å². The van der Waals surface area contributed by atoms with Gasteiger partial charge in [-0.25, -0.2) is 0 Å². The van der Waals surface area contributed by atoms with Crippen LogP contribution >= 0.6 is 0 Å². The lowest BCUT2D eigenvalue weighted by molar-refractivity contribution is -0.138. The predicted molar refractivity (Wildman–Crippen MR) is 57.3 cm³/mol. The highest BCUT2D eigenvalue weighted by atomic mass is 16.4. The Hall–Kier alpha value is -1.10. The summed E-state index contributed by atoms with van der Waals surface area (Å²) in [5, 5.41) is 8.43. The summed E-state index contributed by atoms with van der Waals surface area (Å²) >= 11 is 0.